The maximum atomic E-state index is 8.53. The zero-order valence-corrected chi connectivity index (χ0v) is 7.46. The van der Waals surface area contributed by atoms with Gasteiger partial charge in [-0.05, 0) is 6.92 Å². The van der Waals surface area contributed by atoms with Crippen molar-refractivity contribution in [2.45, 2.75) is 13.5 Å². The van der Waals surface area contributed by atoms with E-state index in [-0.39, 0.29) is 0 Å². The summed E-state index contributed by atoms with van der Waals surface area (Å²) in [6, 6.07) is 0. The molecular weight excluding hydrogens is 158 g/mol. The van der Waals surface area contributed by atoms with E-state index in [2.05, 4.69) is 10.6 Å². The van der Waals surface area contributed by atoms with Crippen LogP contribution in [0.4, 0.5) is 0 Å². The first-order valence-electron chi connectivity index (χ1n) is 3.64. The maximum absolute atomic E-state index is 8.53. The molecule has 0 aromatic carbocycles. The number of nitrogens with zero attached hydrogens (tertiary/aromatic N) is 2. The fourth-order valence-corrected chi connectivity index (χ4v) is 1.07. The van der Waals surface area contributed by atoms with Crippen molar-refractivity contribution in [3.63, 3.8) is 0 Å². The van der Waals surface area contributed by atoms with Gasteiger partial charge >= 0.3 is 0 Å². The minimum absolute atomic E-state index is 0.350. The number of ether oxygens (including phenoxy) is 1. The predicted molar refractivity (Wildman–Crippen MR) is 43.1 cm³/mol. The van der Waals surface area contributed by atoms with Gasteiger partial charge in [-0.2, -0.15) is 0 Å². The minimum Gasteiger partial charge on any atom is -0.480 e. The van der Waals surface area contributed by atoms with E-state index < -0.39 is 0 Å². The lowest BCUT2D eigenvalue weighted by Crippen LogP contribution is -2.08. The molecule has 1 aromatic rings. The molecule has 0 saturated carbocycles. The van der Waals surface area contributed by atoms with E-state index in [4.69, 9.17) is 9.94 Å². The maximum Gasteiger partial charge on any atom is 0.237 e. The molecule has 0 fully saturated rings. The van der Waals surface area contributed by atoms with Crippen LogP contribution in [-0.2, 0) is 13.6 Å². The van der Waals surface area contributed by atoms with Crippen LogP contribution in [0.25, 0.3) is 0 Å². The third-order valence-corrected chi connectivity index (χ3v) is 1.87. The van der Waals surface area contributed by atoms with Gasteiger partial charge in [0.1, 0.15) is 0 Å². The van der Waals surface area contributed by atoms with E-state index in [0.29, 0.717) is 12.4 Å². The van der Waals surface area contributed by atoms with Crippen LogP contribution in [0.1, 0.15) is 11.3 Å². The number of hydrogen-bond donors (Lipinski definition) is 2. The Morgan fingerprint density at radius 3 is 2.83 bits per heavy atom. The quantitative estimate of drug-likeness (QED) is 0.638. The fraction of sp³-hybridized carbons (Fsp3) is 0.571. The molecule has 0 amide bonds. The lowest BCUT2D eigenvalue weighted by atomic mass is 10.2. The molecule has 1 rings (SSSR count). The molecule has 68 valence electrons. The van der Waals surface area contributed by atoms with E-state index in [9.17, 15) is 0 Å². The molecule has 2 N–H and O–H groups in total. The van der Waals surface area contributed by atoms with Crippen molar-refractivity contribution in [1.29, 1.82) is 0 Å². The van der Waals surface area contributed by atoms with Crippen LogP contribution in [0.5, 0.6) is 5.88 Å². The van der Waals surface area contributed by atoms with Crippen molar-refractivity contribution >= 4 is 0 Å². The lowest BCUT2D eigenvalue weighted by molar-refractivity contribution is 0.160. The summed E-state index contributed by atoms with van der Waals surface area (Å²) in [5.74, 6) is 0.552. The van der Waals surface area contributed by atoms with Gasteiger partial charge in [-0.3, -0.25) is 4.68 Å². The molecule has 0 aliphatic carbocycles. The second-order valence-electron chi connectivity index (χ2n) is 2.53. The van der Waals surface area contributed by atoms with Gasteiger partial charge in [-0.25, -0.2) is 5.48 Å². The number of hydroxylamine groups is 1. The van der Waals surface area contributed by atoms with Gasteiger partial charge in [0.2, 0.25) is 5.88 Å². The number of methoxy groups -OCH3 is 1. The predicted octanol–water partition coefficient (Wildman–Crippen LogP) is 0.216. The first kappa shape index (κ1) is 9.02. The van der Waals surface area contributed by atoms with Gasteiger partial charge in [-0.1, -0.05) is 0 Å². The van der Waals surface area contributed by atoms with Gasteiger partial charge in [0.15, 0.2) is 0 Å². The second-order valence-corrected chi connectivity index (χ2v) is 2.53. The molecule has 0 atom stereocenters. The Morgan fingerprint density at radius 2 is 2.33 bits per heavy atom. The van der Waals surface area contributed by atoms with Crippen molar-refractivity contribution < 1.29 is 9.94 Å². The topological polar surface area (TPSA) is 59.3 Å². The molecule has 0 aliphatic heterocycles. The summed E-state index contributed by atoms with van der Waals surface area (Å²) in [6.45, 7) is 2.27. The molecular formula is C7H13N3O2. The van der Waals surface area contributed by atoms with Gasteiger partial charge in [0, 0.05) is 12.7 Å². The van der Waals surface area contributed by atoms with Crippen LogP contribution in [0.3, 0.4) is 0 Å². The minimum atomic E-state index is 0.350. The van der Waals surface area contributed by atoms with Crippen LogP contribution in [0, 0.1) is 6.92 Å². The van der Waals surface area contributed by atoms with Crippen LogP contribution in [0.15, 0.2) is 0 Å². The largest absolute Gasteiger partial charge is 0.480 e. The molecule has 5 heteroatoms. The molecule has 0 aliphatic rings. The van der Waals surface area contributed by atoms with Gasteiger partial charge < -0.3 is 9.94 Å². The summed E-state index contributed by atoms with van der Waals surface area (Å²) in [5.41, 5.74) is 3.94. The number of hydrogen-bond acceptors (Lipinski definition) is 4. The highest BCUT2D eigenvalue weighted by Gasteiger charge is 2.11. The SMILES string of the molecule is COc1nn(C)c(C)c1CNO. The Labute approximate surface area is 70.9 Å². The van der Waals surface area contributed by atoms with Crippen LogP contribution >= 0.6 is 0 Å². The standard InChI is InChI=1S/C7H13N3O2/c1-5-6(4-8-11)7(12-3)9-10(5)2/h8,11H,4H2,1-3H3. The molecule has 0 radical (unpaired) electrons. The van der Waals surface area contributed by atoms with Gasteiger partial charge in [0.05, 0.1) is 19.2 Å². The van der Waals surface area contributed by atoms with Gasteiger partial charge in [-0.15, -0.1) is 5.10 Å². The van der Waals surface area contributed by atoms with Gasteiger partial charge in [0.25, 0.3) is 0 Å². The Balaban J connectivity index is 3.03. The van der Waals surface area contributed by atoms with E-state index in [1.54, 1.807) is 11.8 Å². The van der Waals surface area contributed by atoms with Crippen LogP contribution in [0.2, 0.25) is 0 Å². The molecule has 1 heterocycles. The highest BCUT2D eigenvalue weighted by Crippen LogP contribution is 2.19. The average Bonchev–Trinajstić information content (AvgIpc) is 2.33. The van der Waals surface area contributed by atoms with Crippen LogP contribution in [-0.4, -0.2) is 22.1 Å². The molecule has 1 aromatic heterocycles. The summed E-state index contributed by atoms with van der Waals surface area (Å²) < 4.78 is 6.73. The molecule has 12 heavy (non-hydrogen) atoms. The fourth-order valence-electron chi connectivity index (χ4n) is 1.07. The van der Waals surface area contributed by atoms with Crippen molar-refractivity contribution in [2.24, 2.45) is 7.05 Å². The first-order chi connectivity index (χ1) is 5.70. The first-order valence-corrected chi connectivity index (χ1v) is 3.64. The highest BCUT2D eigenvalue weighted by atomic mass is 16.5. The third-order valence-electron chi connectivity index (χ3n) is 1.87. The Morgan fingerprint density at radius 1 is 1.67 bits per heavy atom. The summed E-state index contributed by atoms with van der Waals surface area (Å²) in [4.78, 5) is 0. The van der Waals surface area contributed by atoms with E-state index in [1.165, 1.54) is 0 Å². The normalized spacial score (nSPS) is 10.3. The molecule has 0 spiro atoms. The molecule has 0 unspecified atom stereocenters. The second kappa shape index (κ2) is 3.55. The molecule has 0 bridgehead atoms. The Kier molecular flexibility index (Phi) is 2.67. The van der Waals surface area contributed by atoms with E-state index in [0.717, 1.165) is 11.3 Å². The number of aryl methyl sites for hydroxylation is 1. The van der Waals surface area contributed by atoms with Crippen molar-refractivity contribution in [3.05, 3.63) is 11.3 Å². The lowest BCUT2D eigenvalue weighted by Gasteiger charge is -1.99. The molecule has 0 saturated heterocycles. The number of nitrogens with one attached hydrogen (secondary N) is 1. The van der Waals surface area contributed by atoms with Crippen molar-refractivity contribution in [1.82, 2.24) is 15.3 Å². The molecule has 5 nitrogen and oxygen atoms in total. The van der Waals surface area contributed by atoms with E-state index in [1.807, 2.05) is 14.0 Å². The number of rotatable bonds is 3. The van der Waals surface area contributed by atoms with Crippen molar-refractivity contribution in [3.8, 4) is 5.88 Å². The van der Waals surface area contributed by atoms with Crippen LogP contribution < -0.4 is 10.2 Å². The summed E-state index contributed by atoms with van der Waals surface area (Å²) in [7, 11) is 3.39. The zero-order chi connectivity index (χ0) is 9.14. The summed E-state index contributed by atoms with van der Waals surface area (Å²) >= 11 is 0. The average molecular weight is 171 g/mol. The number of aromatic nitrogens is 2. The highest BCUT2D eigenvalue weighted by molar-refractivity contribution is 5.30. The Bertz CT molecular complexity index is 270. The monoisotopic (exact) mass is 171 g/mol. The third kappa shape index (κ3) is 1.41. The smallest absolute Gasteiger partial charge is 0.237 e. The summed E-state index contributed by atoms with van der Waals surface area (Å²) in [6.07, 6.45) is 0. The zero-order valence-electron chi connectivity index (χ0n) is 7.46. The van der Waals surface area contributed by atoms with Crippen molar-refractivity contribution in [2.75, 3.05) is 7.11 Å². The van der Waals surface area contributed by atoms with E-state index >= 15 is 0 Å². The Hall–Kier alpha value is -1.07. The summed E-state index contributed by atoms with van der Waals surface area (Å²) in [5, 5.41) is 12.6.